The summed E-state index contributed by atoms with van der Waals surface area (Å²) in [6.45, 7) is 9.47. The Labute approximate surface area is 549 Å². The molecule has 0 aromatic heterocycles. The molecule has 0 saturated heterocycles. The number of carbonyl (C=O) groups is 4. The number of ether oxygens (including phenoxy) is 4. The molecule has 0 aromatic carbocycles. The molecule has 0 aliphatic rings. The molecule has 0 radical (unpaired) electrons. The zero-order chi connectivity index (χ0) is 66.5. The van der Waals surface area contributed by atoms with Crippen molar-refractivity contribution in [1.82, 2.24) is 0 Å². The maximum Gasteiger partial charge on any atom is 0.472 e. The Morgan fingerprint density at radius 3 is 0.844 bits per heavy atom. The minimum atomic E-state index is -4.95. The second-order valence-electron chi connectivity index (χ2n) is 26.3. The Kier molecular flexibility index (Phi) is 61.8. The third kappa shape index (κ3) is 63.5. The summed E-state index contributed by atoms with van der Waals surface area (Å²) >= 11 is 0. The number of hydrogen-bond donors (Lipinski definition) is 3. The van der Waals surface area contributed by atoms with E-state index >= 15 is 0 Å². The lowest BCUT2D eigenvalue weighted by Gasteiger charge is -2.21. The highest BCUT2D eigenvalue weighted by molar-refractivity contribution is 7.47. The minimum absolute atomic E-state index is 0.103. The molecule has 534 valence electrons. The van der Waals surface area contributed by atoms with E-state index in [1.165, 1.54) is 173 Å². The zero-order valence-electron chi connectivity index (χ0n) is 58.4. The number of aliphatic hydroxyl groups is 1. The summed E-state index contributed by atoms with van der Waals surface area (Å²) in [5, 5.41) is 10.6. The molecule has 0 rings (SSSR count). The Hall–Kier alpha value is -1.94. The highest BCUT2D eigenvalue weighted by Gasteiger charge is 2.30. The van der Waals surface area contributed by atoms with Crippen LogP contribution in [0.2, 0.25) is 0 Å². The lowest BCUT2D eigenvalue weighted by molar-refractivity contribution is -0.161. The third-order valence-corrected chi connectivity index (χ3v) is 18.7. The van der Waals surface area contributed by atoms with E-state index in [1.54, 1.807) is 0 Å². The van der Waals surface area contributed by atoms with Crippen LogP contribution in [0.4, 0.5) is 0 Å². The largest absolute Gasteiger partial charge is 0.472 e. The van der Waals surface area contributed by atoms with Crippen LogP contribution in [0.3, 0.4) is 0 Å². The molecule has 0 spiro atoms. The van der Waals surface area contributed by atoms with Crippen LogP contribution in [-0.2, 0) is 65.4 Å². The van der Waals surface area contributed by atoms with Crippen molar-refractivity contribution in [3.05, 3.63) is 0 Å². The lowest BCUT2D eigenvalue weighted by Crippen LogP contribution is -2.30. The lowest BCUT2D eigenvalue weighted by atomic mass is 10.00. The SMILES string of the molecule is CCCCCCCCCCCCCCCCCCCCCC(=O)O[C@H](COC(=O)CCCCCCCCCCCCC(C)C)COP(=O)(O)OC[C@@H](O)COP(=O)(O)OC[C@@H](COC(=O)CCCCCCCCCC)OC(=O)CCCCCCCCC(C)CC. The fourth-order valence-corrected chi connectivity index (χ4v) is 12.3. The Morgan fingerprint density at radius 2 is 0.567 bits per heavy atom. The predicted molar refractivity (Wildman–Crippen MR) is 363 cm³/mol. The molecular formula is C71H138O17P2. The molecule has 0 heterocycles. The number of unbranched alkanes of at least 4 members (excludes halogenated alkanes) is 39. The van der Waals surface area contributed by atoms with Crippen LogP contribution in [0.25, 0.3) is 0 Å². The van der Waals surface area contributed by atoms with Gasteiger partial charge < -0.3 is 33.8 Å². The van der Waals surface area contributed by atoms with Gasteiger partial charge in [0.1, 0.15) is 19.3 Å². The first-order valence-electron chi connectivity index (χ1n) is 37.0. The summed E-state index contributed by atoms with van der Waals surface area (Å²) in [5.74, 6) is -0.650. The predicted octanol–water partition coefficient (Wildman–Crippen LogP) is 20.4. The van der Waals surface area contributed by atoms with Crippen molar-refractivity contribution >= 4 is 39.5 Å². The smallest absolute Gasteiger partial charge is 0.462 e. The van der Waals surface area contributed by atoms with Gasteiger partial charge in [-0.15, -0.1) is 0 Å². The van der Waals surface area contributed by atoms with Crippen molar-refractivity contribution in [2.24, 2.45) is 11.8 Å². The van der Waals surface area contributed by atoms with Crippen molar-refractivity contribution < 1.29 is 80.2 Å². The van der Waals surface area contributed by atoms with Crippen LogP contribution >= 0.6 is 15.6 Å². The van der Waals surface area contributed by atoms with Crippen LogP contribution in [0.5, 0.6) is 0 Å². The highest BCUT2D eigenvalue weighted by Crippen LogP contribution is 2.45. The molecule has 0 saturated carbocycles. The molecule has 6 atom stereocenters. The van der Waals surface area contributed by atoms with Crippen molar-refractivity contribution in [1.29, 1.82) is 0 Å². The number of aliphatic hydroxyl groups excluding tert-OH is 1. The summed E-state index contributed by atoms with van der Waals surface area (Å²) in [5.41, 5.74) is 0. The highest BCUT2D eigenvalue weighted by atomic mass is 31.2. The van der Waals surface area contributed by atoms with Crippen molar-refractivity contribution in [2.45, 2.75) is 381 Å². The van der Waals surface area contributed by atoms with Gasteiger partial charge >= 0.3 is 39.5 Å². The van der Waals surface area contributed by atoms with Gasteiger partial charge in [0.25, 0.3) is 0 Å². The first-order valence-corrected chi connectivity index (χ1v) is 40.0. The molecular weight excluding hydrogens is 1190 g/mol. The zero-order valence-corrected chi connectivity index (χ0v) is 60.2. The van der Waals surface area contributed by atoms with Crippen LogP contribution in [0.1, 0.15) is 363 Å². The van der Waals surface area contributed by atoms with Crippen LogP contribution in [0.15, 0.2) is 0 Å². The fourth-order valence-electron chi connectivity index (χ4n) is 10.7. The van der Waals surface area contributed by atoms with E-state index in [-0.39, 0.29) is 25.7 Å². The third-order valence-electron chi connectivity index (χ3n) is 16.8. The quantitative estimate of drug-likeness (QED) is 0.0222. The molecule has 19 heteroatoms. The van der Waals surface area contributed by atoms with Gasteiger partial charge in [0.2, 0.25) is 0 Å². The molecule has 0 aliphatic carbocycles. The van der Waals surface area contributed by atoms with Crippen LogP contribution in [-0.4, -0.2) is 96.7 Å². The van der Waals surface area contributed by atoms with E-state index in [0.717, 1.165) is 108 Å². The van der Waals surface area contributed by atoms with Gasteiger partial charge in [0.15, 0.2) is 12.2 Å². The summed E-state index contributed by atoms with van der Waals surface area (Å²) in [4.78, 5) is 72.5. The normalized spacial score (nSPS) is 14.4. The number of carbonyl (C=O) groups excluding carboxylic acids is 4. The van der Waals surface area contributed by atoms with E-state index in [1.807, 2.05) is 0 Å². The molecule has 0 bridgehead atoms. The first-order chi connectivity index (χ1) is 43.4. The van der Waals surface area contributed by atoms with E-state index in [2.05, 4.69) is 41.5 Å². The van der Waals surface area contributed by atoms with E-state index in [4.69, 9.17) is 37.0 Å². The molecule has 0 amide bonds. The molecule has 17 nitrogen and oxygen atoms in total. The van der Waals surface area contributed by atoms with Crippen molar-refractivity contribution in [2.75, 3.05) is 39.6 Å². The van der Waals surface area contributed by atoms with E-state index in [0.29, 0.717) is 25.7 Å². The van der Waals surface area contributed by atoms with Gasteiger partial charge in [0, 0.05) is 25.7 Å². The summed E-state index contributed by atoms with van der Waals surface area (Å²) in [6, 6.07) is 0. The Bertz CT molecular complexity index is 1750. The molecule has 0 fully saturated rings. The first kappa shape index (κ1) is 88.1. The molecule has 0 aromatic rings. The van der Waals surface area contributed by atoms with Crippen molar-refractivity contribution in [3.63, 3.8) is 0 Å². The second kappa shape index (κ2) is 63.1. The van der Waals surface area contributed by atoms with Gasteiger partial charge in [0.05, 0.1) is 26.4 Å². The maximum atomic E-state index is 13.0. The van der Waals surface area contributed by atoms with E-state index in [9.17, 15) is 43.2 Å². The Morgan fingerprint density at radius 1 is 0.322 bits per heavy atom. The standard InChI is InChI=1S/C71H138O17P2/c1-7-10-12-14-16-18-19-20-21-22-23-24-25-26-27-32-36-43-49-55-70(75)87-66(59-82-69(74)54-48-42-35-31-29-28-30-33-39-45-51-63(4)5)61-85-89(77,78)83-57-65(72)58-84-90(79,80)86-62-67(60-81-68(73)53-47-41-34-17-15-13-11-8-2)88-71(76)56-50-44-38-37-40-46-52-64(6)9-3/h63-67,72H,7-62H2,1-6H3,(H,77,78)(H,79,80)/t64?,65-,66-,67-/m1/s1. The van der Waals surface area contributed by atoms with Gasteiger partial charge in [-0.1, -0.05) is 311 Å². The van der Waals surface area contributed by atoms with Gasteiger partial charge in [-0.25, -0.2) is 9.13 Å². The molecule has 90 heavy (non-hydrogen) atoms. The maximum absolute atomic E-state index is 13.0. The van der Waals surface area contributed by atoms with Crippen LogP contribution in [0, 0.1) is 11.8 Å². The molecule has 3 N–H and O–H groups in total. The Balaban J connectivity index is 5.19. The van der Waals surface area contributed by atoms with Gasteiger partial charge in [-0.3, -0.25) is 37.3 Å². The number of rotatable bonds is 70. The minimum Gasteiger partial charge on any atom is -0.462 e. The molecule has 0 aliphatic heterocycles. The summed E-state index contributed by atoms with van der Waals surface area (Å²) in [6.07, 6.45) is 48.8. The van der Waals surface area contributed by atoms with Gasteiger partial charge in [-0.05, 0) is 37.5 Å². The fraction of sp³-hybridized carbons (Fsp3) is 0.944. The van der Waals surface area contributed by atoms with Gasteiger partial charge in [-0.2, -0.15) is 0 Å². The molecule has 3 unspecified atom stereocenters. The van der Waals surface area contributed by atoms with E-state index < -0.39 is 97.5 Å². The number of phosphoric acid groups is 2. The number of phosphoric ester groups is 2. The average molecular weight is 1330 g/mol. The summed E-state index contributed by atoms with van der Waals surface area (Å²) in [7, 11) is -9.90. The average Bonchev–Trinajstić information content (AvgIpc) is 2.20. The van der Waals surface area contributed by atoms with Crippen molar-refractivity contribution in [3.8, 4) is 0 Å². The number of hydrogen-bond acceptors (Lipinski definition) is 15. The summed E-state index contributed by atoms with van der Waals surface area (Å²) < 4.78 is 68.2. The monoisotopic (exact) mass is 1320 g/mol. The topological polar surface area (TPSA) is 237 Å². The van der Waals surface area contributed by atoms with Crippen LogP contribution < -0.4 is 0 Å². The second-order valence-corrected chi connectivity index (χ2v) is 29.3. The number of esters is 4.